The summed E-state index contributed by atoms with van der Waals surface area (Å²) in [6.07, 6.45) is 1.10. The average Bonchev–Trinajstić information content (AvgIpc) is 1.85. The van der Waals surface area contributed by atoms with Gasteiger partial charge in [-0.05, 0) is 0 Å². The maximum atomic E-state index is 10.3. The van der Waals surface area contributed by atoms with Crippen molar-refractivity contribution in [1.82, 2.24) is 0 Å². The number of hydrogen-bond acceptors (Lipinski definition) is 3. The SMILES string of the molecule is O=[C]CC(=O)OCCCl. The van der Waals surface area contributed by atoms with Gasteiger partial charge in [0.2, 0.25) is 6.29 Å². The van der Waals surface area contributed by atoms with Crippen molar-refractivity contribution in [2.45, 2.75) is 6.42 Å². The van der Waals surface area contributed by atoms with Crippen molar-refractivity contribution < 1.29 is 14.3 Å². The van der Waals surface area contributed by atoms with E-state index in [1.54, 1.807) is 0 Å². The third-order valence-corrected chi connectivity index (χ3v) is 0.711. The lowest BCUT2D eigenvalue weighted by Crippen LogP contribution is -2.06. The van der Waals surface area contributed by atoms with Crippen LogP contribution in [0.3, 0.4) is 0 Å². The van der Waals surface area contributed by atoms with Gasteiger partial charge in [0.1, 0.15) is 13.0 Å². The van der Waals surface area contributed by atoms with Crippen LogP contribution in [-0.2, 0) is 14.3 Å². The molecule has 0 amide bonds. The predicted octanol–water partition coefficient (Wildman–Crippen LogP) is 0.268. The van der Waals surface area contributed by atoms with Gasteiger partial charge in [-0.1, -0.05) is 0 Å². The molecule has 51 valence electrons. The Hall–Kier alpha value is -0.570. The van der Waals surface area contributed by atoms with Gasteiger partial charge in [0.25, 0.3) is 0 Å². The second-order valence-electron chi connectivity index (χ2n) is 1.23. The molecule has 0 saturated carbocycles. The molecule has 0 N–H and O–H groups in total. The first kappa shape index (κ1) is 8.43. The van der Waals surface area contributed by atoms with Gasteiger partial charge in [0.05, 0.1) is 5.88 Å². The first-order valence-corrected chi connectivity index (χ1v) is 2.91. The smallest absolute Gasteiger partial charge is 0.313 e. The first-order chi connectivity index (χ1) is 4.31. The van der Waals surface area contributed by atoms with Crippen LogP contribution in [0.1, 0.15) is 6.42 Å². The van der Waals surface area contributed by atoms with Crippen LogP contribution in [0, 0.1) is 0 Å². The second-order valence-corrected chi connectivity index (χ2v) is 1.61. The van der Waals surface area contributed by atoms with Crippen LogP contribution in [0.4, 0.5) is 0 Å². The van der Waals surface area contributed by atoms with Gasteiger partial charge in [-0.2, -0.15) is 0 Å². The van der Waals surface area contributed by atoms with E-state index in [-0.39, 0.29) is 18.9 Å². The summed E-state index contributed by atoms with van der Waals surface area (Å²) in [5, 5.41) is 0. The van der Waals surface area contributed by atoms with E-state index in [9.17, 15) is 9.59 Å². The summed E-state index contributed by atoms with van der Waals surface area (Å²) < 4.78 is 4.40. The number of carbonyl (C=O) groups excluding carboxylic acids is 2. The Kier molecular flexibility index (Phi) is 5.21. The minimum atomic E-state index is -0.578. The van der Waals surface area contributed by atoms with Crippen LogP contribution < -0.4 is 0 Å². The van der Waals surface area contributed by atoms with Crippen molar-refractivity contribution in [1.29, 1.82) is 0 Å². The third kappa shape index (κ3) is 5.30. The molecule has 0 rings (SSSR count). The highest BCUT2D eigenvalue weighted by Crippen LogP contribution is 1.83. The first-order valence-electron chi connectivity index (χ1n) is 2.38. The van der Waals surface area contributed by atoms with Gasteiger partial charge in [-0.15, -0.1) is 11.6 Å². The van der Waals surface area contributed by atoms with E-state index in [1.807, 2.05) is 0 Å². The minimum absolute atomic E-state index is 0.155. The lowest BCUT2D eigenvalue weighted by Gasteiger charge is -1.95. The van der Waals surface area contributed by atoms with Crippen LogP contribution >= 0.6 is 11.6 Å². The summed E-state index contributed by atoms with van der Waals surface area (Å²) in [5.74, 6) is -0.324. The zero-order valence-corrected chi connectivity index (χ0v) is 5.48. The number of carbonyl (C=O) groups is 1. The Balaban J connectivity index is 3.16. The number of esters is 1. The van der Waals surface area contributed by atoms with Gasteiger partial charge >= 0.3 is 5.97 Å². The summed E-state index contributed by atoms with van der Waals surface area (Å²) in [5.41, 5.74) is 0. The standard InChI is InChI=1S/C5H6ClO3/c6-2-4-9-5(8)1-3-7/h1-2,4H2. The second kappa shape index (κ2) is 5.56. The Bertz CT molecular complexity index is 102. The molecule has 0 bridgehead atoms. The van der Waals surface area contributed by atoms with E-state index in [2.05, 4.69) is 4.74 Å². The van der Waals surface area contributed by atoms with Gasteiger partial charge in [0, 0.05) is 0 Å². The van der Waals surface area contributed by atoms with Crippen molar-refractivity contribution in [3.8, 4) is 0 Å². The molecule has 0 aromatic rings. The van der Waals surface area contributed by atoms with Crippen LogP contribution in [0.2, 0.25) is 0 Å². The summed E-state index contributed by atoms with van der Waals surface area (Å²) in [6, 6.07) is 0. The normalized spacial score (nSPS) is 8.56. The summed E-state index contributed by atoms with van der Waals surface area (Å²) in [6.45, 7) is 0.155. The maximum absolute atomic E-state index is 10.3. The number of alkyl halides is 1. The van der Waals surface area contributed by atoms with Crippen LogP contribution in [0.25, 0.3) is 0 Å². The minimum Gasteiger partial charge on any atom is -0.464 e. The molecule has 0 fully saturated rings. The molecule has 9 heavy (non-hydrogen) atoms. The number of hydrogen-bond donors (Lipinski definition) is 0. The highest BCUT2D eigenvalue weighted by Gasteiger charge is 1.98. The maximum Gasteiger partial charge on any atom is 0.313 e. The topological polar surface area (TPSA) is 43.4 Å². The number of rotatable bonds is 4. The van der Waals surface area contributed by atoms with Crippen molar-refractivity contribution in [3.05, 3.63) is 0 Å². The number of halogens is 1. The van der Waals surface area contributed by atoms with Crippen molar-refractivity contribution >= 4 is 23.9 Å². The molecule has 0 unspecified atom stereocenters. The Morgan fingerprint density at radius 2 is 2.33 bits per heavy atom. The van der Waals surface area contributed by atoms with E-state index in [0.717, 1.165) is 0 Å². The monoisotopic (exact) mass is 149 g/mol. The molecule has 3 nitrogen and oxygen atoms in total. The number of ether oxygens (including phenoxy) is 1. The zero-order valence-electron chi connectivity index (χ0n) is 4.72. The largest absolute Gasteiger partial charge is 0.464 e. The zero-order chi connectivity index (χ0) is 7.11. The quantitative estimate of drug-likeness (QED) is 0.327. The predicted molar refractivity (Wildman–Crippen MR) is 32.0 cm³/mol. The van der Waals surface area contributed by atoms with E-state index in [4.69, 9.17) is 11.6 Å². The fourth-order valence-corrected chi connectivity index (χ4v) is 0.340. The van der Waals surface area contributed by atoms with Crippen LogP contribution in [0.5, 0.6) is 0 Å². The molecule has 0 saturated heterocycles. The average molecular weight is 150 g/mol. The van der Waals surface area contributed by atoms with E-state index in [1.165, 1.54) is 6.29 Å². The lowest BCUT2D eigenvalue weighted by molar-refractivity contribution is -0.141. The van der Waals surface area contributed by atoms with Gasteiger partial charge in [-0.3, -0.25) is 9.59 Å². The van der Waals surface area contributed by atoms with Crippen LogP contribution in [0.15, 0.2) is 0 Å². The fraction of sp³-hybridized carbons (Fsp3) is 0.600. The molecule has 0 spiro atoms. The van der Waals surface area contributed by atoms with E-state index >= 15 is 0 Å². The molecule has 0 aliphatic carbocycles. The van der Waals surface area contributed by atoms with Gasteiger partial charge in [0.15, 0.2) is 0 Å². The Morgan fingerprint density at radius 3 is 2.78 bits per heavy atom. The summed E-state index contributed by atoms with van der Waals surface area (Å²) in [4.78, 5) is 19.8. The van der Waals surface area contributed by atoms with Crippen LogP contribution in [-0.4, -0.2) is 24.7 Å². The molecule has 0 heterocycles. The van der Waals surface area contributed by atoms with Gasteiger partial charge < -0.3 is 4.74 Å². The molecular formula is C5H6ClO3. The summed E-state index contributed by atoms with van der Waals surface area (Å²) >= 11 is 5.17. The van der Waals surface area contributed by atoms with Crippen molar-refractivity contribution in [2.75, 3.05) is 12.5 Å². The highest BCUT2D eigenvalue weighted by molar-refractivity contribution is 6.18. The molecule has 0 aliphatic heterocycles. The Morgan fingerprint density at radius 1 is 1.67 bits per heavy atom. The molecule has 1 radical (unpaired) electrons. The molecule has 0 aliphatic rings. The molecule has 0 atom stereocenters. The Labute approximate surface area is 57.9 Å². The molecular weight excluding hydrogens is 144 g/mol. The van der Waals surface area contributed by atoms with E-state index < -0.39 is 5.97 Å². The third-order valence-electron chi connectivity index (χ3n) is 0.557. The molecule has 0 aromatic carbocycles. The van der Waals surface area contributed by atoms with E-state index in [0.29, 0.717) is 0 Å². The lowest BCUT2D eigenvalue weighted by atomic mass is 10.5. The molecule has 0 aromatic heterocycles. The fourth-order valence-electron chi connectivity index (χ4n) is 0.262. The van der Waals surface area contributed by atoms with Gasteiger partial charge in [-0.25, -0.2) is 0 Å². The van der Waals surface area contributed by atoms with Crippen molar-refractivity contribution in [2.24, 2.45) is 0 Å². The highest BCUT2D eigenvalue weighted by atomic mass is 35.5. The van der Waals surface area contributed by atoms with Crippen molar-refractivity contribution in [3.63, 3.8) is 0 Å². The molecule has 4 heteroatoms. The summed E-state index contributed by atoms with van der Waals surface area (Å²) in [7, 11) is 0.